The van der Waals surface area contributed by atoms with Crippen molar-refractivity contribution < 1.29 is 17.9 Å². The molecule has 9 heteroatoms. The molecule has 0 spiro atoms. The van der Waals surface area contributed by atoms with Crippen LogP contribution in [-0.2, 0) is 21.3 Å². The number of thiazole rings is 1. The van der Waals surface area contributed by atoms with Crippen LogP contribution in [0, 0.1) is 13.8 Å². The maximum Gasteiger partial charge on any atom is 0.279 e. The summed E-state index contributed by atoms with van der Waals surface area (Å²) in [7, 11) is -3.56. The largest absolute Gasteiger partial charge is 0.380 e. The van der Waals surface area contributed by atoms with Crippen LogP contribution >= 0.6 is 11.3 Å². The average molecular weight is 516 g/mol. The van der Waals surface area contributed by atoms with E-state index in [4.69, 9.17) is 4.74 Å². The second kappa shape index (κ2) is 11.2. The van der Waals surface area contributed by atoms with Crippen molar-refractivity contribution in [2.45, 2.75) is 57.9 Å². The first-order chi connectivity index (χ1) is 16.8. The van der Waals surface area contributed by atoms with Crippen molar-refractivity contribution in [1.82, 2.24) is 8.87 Å². The molecular weight excluding hydrogens is 482 g/mol. The van der Waals surface area contributed by atoms with E-state index in [1.54, 1.807) is 16.4 Å². The van der Waals surface area contributed by atoms with Crippen LogP contribution in [0.1, 0.15) is 54.1 Å². The van der Waals surface area contributed by atoms with Crippen molar-refractivity contribution in [1.29, 1.82) is 0 Å². The zero-order valence-corrected chi connectivity index (χ0v) is 22.3. The number of hydrogen-bond acceptors (Lipinski definition) is 5. The minimum absolute atomic E-state index is 0.218. The van der Waals surface area contributed by atoms with Gasteiger partial charge >= 0.3 is 0 Å². The quantitative estimate of drug-likeness (QED) is 0.429. The molecule has 0 aliphatic carbocycles. The number of ether oxygens (including phenoxy) is 1. The van der Waals surface area contributed by atoms with Crippen molar-refractivity contribution in [3.8, 4) is 0 Å². The van der Waals surface area contributed by atoms with E-state index in [-0.39, 0.29) is 4.90 Å². The van der Waals surface area contributed by atoms with Gasteiger partial charge in [-0.1, -0.05) is 30.2 Å². The normalized spacial score (nSPS) is 16.0. The summed E-state index contributed by atoms with van der Waals surface area (Å²) in [5.74, 6) is -0.394. The fourth-order valence-corrected chi connectivity index (χ4v) is 7.28. The molecule has 1 amide bonds. The lowest BCUT2D eigenvalue weighted by Gasteiger charge is -2.19. The van der Waals surface area contributed by atoms with Gasteiger partial charge in [-0.25, -0.2) is 8.42 Å². The van der Waals surface area contributed by atoms with Crippen LogP contribution in [0.25, 0.3) is 10.2 Å². The Morgan fingerprint density at radius 3 is 2.40 bits per heavy atom. The molecule has 0 saturated carbocycles. The molecule has 3 aromatic rings. The predicted octanol–water partition coefficient (Wildman–Crippen LogP) is 4.66. The molecule has 1 aliphatic heterocycles. The van der Waals surface area contributed by atoms with Gasteiger partial charge in [0.2, 0.25) is 10.0 Å². The number of benzene rings is 2. The van der Waals surface area contributed by atoms with Crippen LogP contribution in [0.4, 0.5) is 0 Å². The number of carbonyl (C=O) groups is 1. The molecule has 0 atom stereocenters. The van der Waals surface area contributed by atoms with E-state index in [1.165, 1.54) is 23.5 Å². The third kappa shape index (κ3) is 5.74. The van der Waals surface area contributed by atoms with Crippen molar-refractivity contribution in [2.75, 3.05) is 26.3 Å². The number of aromatic nitrogens is 1. The molecule has 2 heterocycles. The molecule has 0 bridgehead atoms. The van der Waals surface area contributed by atoms with Crippen molar-refractivity contribution >= 4 is 37.5 Å². The highest BCUT2D eigenvalue weighted by Crippen LogP contribution is 2.24. The topological polar surface area (TPSA) is 81.0 Å². The van der Waals surface area contributed by atoms with E-state index in [0.29, 0.717) is 43.2 Å². The summed E-state index contributed by atoms with van der Waals surface area (Å²) < 4.78 is 36.3. The molecule has 0 unspecified atom stereocenters. The lowest BCUT2D eigenvalue weighted by molar-refractivity contribution is 0.0996. The number of hydrogen-bond donors (Lipinski definition) is 0. The Balaban J connectivity index is 1.65. The van der Waals surface area contributed by atoms with E-state index in [1.807, 2.05) is 11.5 Å². The van der Waals surface area contributed by atoms with Crippen LogP contribution in [0.15, 0.2) is 46.3 Å². The number of carbonyl (C=O) groups excluding carboxylic acids is 1. The van der Waals surface area contributed by atoms with E-state index < -0.39 is 15.9 Å². The lowest BCUT2D eigenvalue weighted by Crippen LogP contribution is -2.31. The van der Waals surface area contributed by atoms with Gasteiger partial charge in [-0.05, 0) is 75.1 Å². The molecule has 2 aromatic carbocycles. The summed E-state index contributed by atoms with van der Waals surface area (Å²) in [6.45, 7) is 8.91. The molecule has 0 radical (unpaired) electrons. The monoisotopic (exact) mass is 515 g/mol. The molecule has 1 saturated heterocycles. The van der Waals surface area contributed by atoms with E-state index in [2.05, 4.69) is 31.0 Å². The Labute approximate surface area is 211 Å². The summed E-state index contributed by atoms with van der Waals surface area (Å²) in [6.07, 6.45) is 3.88. The zero-order valence-electron chi connectivity index (χ0n) is 20.6. The van der Waals surface area contributed by atoms with Crippen LogP contribution < -0.4 is 4.80 Å². The maximum absolute atomic E-state index is 13.1. The third-order valence-corrected chi connectivity index (χ3v) is 9.21. The minimum Gasteiger partial charge on any atom is -0.380 e. The first-order valence-corrected chi connectivity index (χ1v) is 14.4. The highest BCUT2D eigenvalue weighted by atomic mass is 32.2. The Morgan fingerprint density at radius 2 is 1.74 bits per heavy atom. The van der Waals surface area contributed by atoms with Crippen molar-refractivity contribution in [2.24, 2.45) is 4.99 Å². The van der Waals surface area contributed by atoms with Crippen molar-refractivity contribution in [3.05, 3.63) is 57.9 Å². The maximum atomic E-state index is 13.1. The number of rotatable bonds is 7. The van der Waals surface area contributed by atoms with Crippen LogP contribution in [0.5, 0.6) is 0 Å². The zero-order chi connectivity index (χ0) is 25.0. The summed E-state index contributed by atoms with van der Waals surface area (Å²) in [5.41, 5.74) is 3.71. The molecule has 4 rings (SSSR count). The Bertz CT molecular complexity index is 1360. The fraction of sp³-hybridized carbons (Fsp3) is 0.462. The fourth-order valence-electron chi connectivity index (χ4n) is 4.54. The molecule has 7 nitrogen and oxygen atoms in total. The number of amides is 1. The predicted molar refractivity (Wildman–Crippen MR) is 139 cm³/mol. The average Bonchev–Trinajstić information content (AvgIpc) is 2.99. The highest BCUT2D eigenvalue weighted by Gasteiger charge is 2.25. The Hall–Kier alpha value is -2.33. The highest BCUT2D eigenvalue weighted by molar-refractivity contribution is 7.89. The first-order valence-electron chi connectivity index (χ1n) is 12.2. The van der Waals surface area contributed by atoms with Crippen LogP contribution in [-0.4, -0.2) is 49.5 Å². The van der Waals surface area contributed by atoms with E-state index >= 15 is 0 Å². The number of fused-ring (bicyclic) bond motifs is 1. The second-order valence-corrected chi connectivity index (χ2v) is 11.9. The van der Waals surface area contributed by atoms with Gasteiger partial charge in [-0.15, -0.1) is 0 Å². The van der Waals surface area contributed by atoms with Gasteiger partial charge < -0.3 is 9.30 Å². The minimum atomic E-state index is -3.56. The molecule has 1 fully saturated rings. The number of aryl methyl sites for hydroxylation is 2. The number of nitrogens with zero attached hydrogens (tertiary/aromatic N) is 3. The van der Waals surface area contributed by atoms with Gasteiger partial charge in [0.15, 0.2) is 4.80 Å². The molecule has 1 aromatic heterocycles. The van der Waals surface area contributed by atoms with Gasteiger partial charge in [0, 0.05) is 31.8 Å². The standard InChI is InChI=1S/C26H33N3O4S2/c1-4-33-16-15-29-24-20(3)17-19(2)18-23(24)34-26(29)27-25(30)21-9-11-22(12-10-21)35(31,32)28-13-7-5-6-8-14-28/h9-12,17-18H,4-8,13-16H2,1-3H3. The third-order valence-electron chi connectivity index (χ3n) is 6.28. The van der Waals surface area contributed by atoms with E-state index in [9.17, 15) is 13.2 Å². The first kappa shape index (κ1) is 25.8. The second-order valence-electron chi connectivity index (χ2n) is 8.92. The SMILES string of the molecule is CCOCCn1c(=NC(=O)c2ccc(S(=O)(=O)N3CCCCCC3)cc2)sc2cc(C)cc(C)c21. The summed E-state index contributed by atoms with van der Waals surface area (Å²) in [5, 5.41) is 0. The van der Waals surface area contributed by atoms with Gasteiger partial charge in [0.25, 0.3) is 5.91 Å². The molecular formula is C26H33N3O4S2. The summed E-state index contributed by atoms with van der Waals surface area (Å²) >= 11 is 1.48. The number of sulfonamides is 1. The van der Waals surface area contributed by atoms with Gasteiger partial charge in [-0.3, -0.25) is 4.79 Å². The lowest BCUT2D eigenvalue weighted by atomic mass is 10.1. The molecule has 35 heavy (non-hydrogen) atoms. The van der Waals surface area contributed by atoms with E-state index in [0.717, 1.165) is 47.0 Å². The van der Waals surface area contributed by atoms with Gasteiger partial charge in [-0.2, -0.15) is 9.30 Å². The molecule has 0 N–H and O–H groups in total. The van der Waals surface area contributed by atoms with Crippen LogP contribution in [0.2, 0.25) is 0 Å². The van der Waals surface area contributed by atoms with Crippen LogP contribution in [0.3, 0.4) is 0 Å². The smallest absolute Gasteiger partial charge is 0.279 e. The summed E-state index contributed by atoms with van der Waals surface area (Å²) in [4.78, 5) is 18.3. The van der Waals surface area contributed by atoms with Gasteiger partial charge in [0.05, 0.1) is 21.7 Å². The molecule has 188 valence electrons. The molecule has 1 aliphatic rings. The Kier molecular flexibility index (Phi) is 8.21. The Morgan fingerprint density at radius 1 is 1.06 bits per heavy atom. The van der Waals surface area contributed by atoms with Crippen molar-refractivity contribution in [3.63, 3.8) is 0 Å². The van der Waals surface area contributed by atoms with Gasteiger partial charge in [0.1, 0.15) is 0 Å². The summed E-state index contributed by atoms with van der Waals surface area (Å²) in [6, 6.07) is 10.4.